The lowest BCUT2D eigenvalue weighted by Crippen LogP contribution is -2.52. The van der Waals surface area contributed by atoms with E-state index in [4.69, 9.17) is 10.5 Å². The highest BCUT2D eigenvalue weighted by atomic mass is 16.5. The van der Waals surface area contributed by atoms with Crippen molar-refractivity contribution in [3.05, 3.63) is 35.9 Å². The van der Waals surface area contributed by atoms with Gasteiger partial charge >= 0.3 is 0 Å². The second-order valence-corrected chi connectivity index (χ2v) is 5.18. The quantitative estimate of drug-likeness (QED) is 0.863. The minimum absolute atomic E-state index is 0.299. The molecule has 1 aliphatic rings. The van der Waals surface area contributed by atoms with Gasteiger partial charge in [0.1, 0.15) is 0 Å². The number of benzene rings is 1. The molecule has 0 aromatic heterocycles. The predicted octanol–water partition coefficient (Wildman–Crippen LogP) is 1.58. The zero-order valence-electron chi connectivity index (χ0n) is 10.7. The average molecular weight is 234 g/mol. The molecule has 0 saturated carbocycles. The van der Waals surface area contributed by atoms with E-state index in [1.54, 1.807) is 0 Å². The zero-order chi connectivity index (χ0) is 12.3. The number of hydrogen-bond acceptors (Lipinski definition) is 3. The molecular weight excluding hydrogens is 212 g/mol. The third-order valence-corrected chi connectivity index (χ3v) is 3.47. The summed E-state index contributed by atoms with van der Waals surface area (Å²) >= 11 is 0. The summed E-state index contributed by atoms with van der Waals surface area (Å²) in [6.45, 7) is 7.77. The molecule has 2 rings (SSSR count). The molecular formula is C14H22N2O. The fraction of sp³-hybridized carbons (Fsp3) is 0.571. The number of nitrogens with two attached hydrogens (primary N) is 1. The standard InChI is InChI=1S/C14H22N2O/c1-12-10-17-9-8-16(12)11-14(2,15)13-6-4-3-5-7-13/h3-7,12H,8-11,15H2,1-2H3. The van der Waals surface area contributed by atoms with Gasteiger partial charge in [-0.3, -0.25) is 4.90 Å². The molecule has 1 aromatic rings. The SMILES string of the molecule is CC1COCCN1CC(C)(N)c1ccccc1. The van der Waals surface area contributed by atoms with E-state index in [0.29, 0.717) is 6.04 Å². The summed E-state index contributed by atoms with van der Waals surface area (Å²) in [5.41, 5.74) is 7.34. The second-order valence-electron chi connectivity index (χ2n) is 5.18. The van der Waals surface area contributed by atoms with Gasteiger partial charge in [-0.2, -0.15) is 0 Å². The molecule has 2 atom stereocenters. The van der Waals surface area contributed by atoms with E-state index >= 15 is 0 Å². The van der Waals surface area contributed by atoms with Crippen molar-refractivity contribution in [2.75, 3.05) is 26.3 Å². The number of hydrogen-bond donors (Lipinski definition) is 1. The van der Waals surface area contributed by atoms with E-state index < -0.39 is 0 Å². The first-order valence-electron chi connectivity index (χ1n) is 6.26. The first-order valence-corrected chi connectivity index (χ1v) is 6.26. The van der Waals surface area contributed by atoms with Gasteiger partial charge in [0.25, 0.3) is 0 Å². The Morgan fingerprint density at radius 1 is 1.41 bits per heavy atom. The van der Waals surface area contributed by atoms with Crippen LogP contribution < -0.4 is 5.73 Å². The van der Waals surface area contributed by atoms with Gasteiger partial charge in [-0.15, -0.1) is 0 Å². The summed E-state index contributed by atoms with van der Waals surface area (Å²) in [6, 6.07) is 10.8. The van der Waals surface area contributed by atoms with Crippen molar-refractivity contribution in [3.63, 3.8) is 0 Å². The summed E-state index contributed by atoms with van der Waals surface area (Å²) in [6.07, 6.45) is 0. The van der Waals surface area contributed by atoms with Gasteiger partial charge in [0.05, 0.1) is 18.8 Å². The molecule has 1 saturated heterocycles. The van der Waals surface area contributed by atoms with Crippen molar-refractivity contribution in [3.8, 4) is 0 Å². The van der Waals surface area contributed by atoms with E-state index in [-0.39, 0.29) is 5.54 Å². The molecule has 0 radical (unpaired) electrons. The van der Waals surface area contributed by atoms with Crippen molar-refractivity contribution in [2.24, 2.45) is 5.73 Å². The summed E-state index contributed by atoms with van der Waals surface area (Å²) in [7, 11) is 0. The molecule has 1 heterocycles. The van der Waals surface area contributed by atoms with Crippen molar-refractivity contribution >= 4 is 0 Å². The summed E-state index contributed by atoms with van der Waals surface area (Å²) in [5.74, 6) is 0. The Balaban J connectivity index is 2.06. The maximum absolute atomic E-state index is 6.45. The highest BCUT2D eigenvalue weighted by Gasteiger charge is 2.28. The van der Waals surface area contributed by atoms with Gasteiger partial charge < -0.3 is 10.5 Å². The van der Waals surface area contributed by atoms with E-state index in [2.05, 4.69) is 30.9 Å². The van der Waals surface area contributed by atoms with E-state index in [0.717, 1.165) is 26.3 Å². The molecule has 17 heavy (non-hydrogen) atoms. The molecule has 1 aliphatic heterocycles. The molecule has 0 bridgehead atoms. The second kappa shape index (κ2) is 5.17. The highest BCUT2D eigenvalue weighted by Crippen LogP contribution is 2.20. The van der Waals surface area contributed by atoms with Crippen LogP contribution in [0.3, 0.4) is 0 Å². The lowest BCUT2D eigenvalue weighted by molar-refractivity contribution is -0.00918. The largest absolute Gasteiger partial charge is 0.379 e. The van der Waals surface area contributed by atoms with Crippen LogP contribution in [-0.2, 0) is 10.3 Å². The third kappa shape index (κ3) is 3.06. The Hall–Kier alpha value is -0.900. The van der Waals surface area contributed by atoms with E-state index in [1.807, 2.05) is 18.2 Å². The smallest absolute Gasteiger partial charge is 0.0619 e. The summed E-state index contributed by atoms with van der Waals surface area (Å²) in [4.78, 5) is 2.41. The third-order valence-electron chi connectivity index (χ3n) is 3.47. The Bertz CT molecular complexity index is 350. The first kappa shape index (κ1) is 12.6. The summed E-state index contributed by atoms with van der Waals surface area (Å²) in [5, 5.41) is 0. The van der Waals surface area contributed by atoms with Crippen LogP contribution in [0.5, 0.6) is 0 Å². The Morgan fingerprint density at radius 3 is 2.76 bits per heavy atom. The highest BCUT2D eigenvalue weighted by molar-refractivity contribution is 5.23. The molecule has 0 amide bonds. The molecule has 1 fully saturated rings. The van der Waals surface area contributed by atoms with Crippen LogP contribution >= 0.6 is 0 Å². The van der Waals surface area contributed by atoms with Crippen LogP contribution in [0.25, 0.3) is 0 Å². The Kier molecular flexibility index (Phi) is 3.82. The number of rotatable bonds is 3. The van der Waals surface area contributed by atoms with Crippen LogP contribution in [0, 0.1) is 0 Å². The maximum atomic E-state index is 6.45. The van der Waals surface area contributed by atoms with Crippen LogP contribution in [0.15, 0.2) is 30.3 Å². The zero-order valence-corrected chi connectivity index (χ0v) is 10.7. The average Bonchev–Trinajstić information content (AvgIpc) is 2.33. The number of morpholine rings is 1. The van der Waals surface area contributed by atoms with Crippen LogP contribution in [0.1, 0.15) is 19.4 Å². The molecule has 2 unspecified atom stereocenters. The molecule has 3 heteroatoms. The van der Waals surface area contributed by atoms with E-state index in [9.17, 15) is 0 Å². The maximum Gasteiger partial charge on any atom is 0.0619 e. The molecule has 94 valence electrons. The van der Waals surface area contributed by atoms with Gasteiger partial charge in [0, 0.05) is 19.1 Å². The molecule has 3 nitrogen and oxygen atoms in total. The Morgan fingerprint density at radius 2 is 2.12 bits per heavy atom. The minimum atomic E-state index is -0.299. The van der Waals surface area contributed by atoms with Crippen molar-refractivity contribution in [1.29, 1.82) is 0 Å². The van der Waals surface area contributed by atoms with Crippen LogP contribution in [0.4, 0.5) is 0 Å². The molecule has 1 aromatic carbocycles. The Labute approximate surface area is 104 Å². The lowest BCUT2D eigenvalue weighted by Gasteiger charge is -2.39. The molecule has 0 aliphatic carbocycles. The van der Waals surface area contributed by atoms with Gasteiger partial charge in [-0.05, 0) is 19.4 Å². The van der Waals surface area contributed by atoms with Gasteiger partial charge in [-0.25, -0.2) is 0 Å². The van der Waals surface area contributed by atoms with Gasteiger partial charge in [0.2, 0.25) is 0 Å². The number of ether oxygens (including phenoxy) is 1. The topological polar surface area (TPSA) is 38.5 Å². The first-order chi connectivity index (χ1) is 8.09. The van der Waals surface area contributed by atoms with Gasteiger partial charge in [0.15, 0.2) is 0 Å². The molecule has 0 spiro atoms. The van der Waals surface area contributed by atoms with Gasteiger partial charge in [-0.1, -0.05) is 30.3 Å². The van der Waals surface area contributed by atoms with Crippen molar-refractivity contribution < 1.29 is 4.74 Å². The normalized spacial score (nSPS) is 25.5. The van der Waals surface area contributed by atoms with E-state index in [1.165, 1.54) is 5.56 Å². The van der Waals surface area contributed by atoms with Crippen LogP contribution in [-0.4, -0.2) is 37.2 Å². The molecule has 2 N–H and O–H groups in total. The minimum Gasteiger partial charge on any atom is -0.379 e. The number of nitrogens with zero attached hydrogens (tertiary/aromatic N) is 1. The predicted molar refractivity (Wildman–Crippen MR) is 69.8 cm³/mol. The van der Waals surface area contributed by atoms with Crippen molar-refractivity contribution in [1.82, 2.24) is 4.90 Å². The fourth-order valence-electron chi connectivity index (χ4n) is 2.33. The van der Waals surface area contributed by atoms with Crippen LogP contribution in [0.2, 0.25) is 0 Å². The van der Waals surface area contributed by atoms with Crippen molar-refractivity contribution in [2.45, 2.75) is 25.4 Å². The lowest BCUT2D eigenvalue weighted by atomic mass is 9.92. The summed E-state index contributed by atoms with van der Waals surface area (Å²) < 4.78 is 5.45. The fourth-order valence-corrected chi connectivity index (χ4v) is 2.33. The monoisotopic (exact) mass is 234 g/mol.